The number of carbonyl (C=O) groups is 1. The van der Waals surface area contributed by atoms with Crippen molar-refractivity contribution in [1.29, 1.82) is 5.26 Å². The van der Waals surface area contributed by atoms with Crippen LogP contribution in [0.5, 0.6) is 0 Å². The van der Waals surface area contributed by atoms with Crippen molar-refractivity contribution < 1.29 is 4.79 Å². The minimum atomic E-state index is -0.397. The third-order valence-electron chi connectivity index (χ3n) is 4.51. The summed E-state index contributed by atoms with van der Waals surface area (Å²) in [6, 6.07) is 11.3. The lowest BCUT2D eigenvalue weighted by molar-refractivity contribution is -0.115. The molecule has 0 bridgehead atoms. The summed E-state index contributed by atoms with van der Waals surface area (Å²) in [5, 5.41) is 13.0. The molecule has 1 heterocycles. The topological polar surface area (TPSA) is 65.8 Å². The molecular formula is C20H20ClN3OS. The minimum absolute atomic E-state index is 0.167. The highest BCUT2D eigenvalue weighted by Crippen LogP contribution is 2.32. The van der Waals surface area contributed by atoms with E-state index in [0.29, 0.717) is 27.2 Å². The normalized spacial score (nSPS) is 17.1. The molecular weight excluding hydrogens is 366 g/mol. The Morgan fingerprint density at radius 2 is 2.23 bits per heavy atom. The number of aryl methyl sites for hydroxylation is 1. The number of pyridine rings is 1. The Morgan fingerprint density at radius 3 is 2.96 bits per heavy atom. The number of para-hydroxylation sites is 1. The van der Waals surface area contributed by atoms with Crippen LogP contribution in [0, 0.1) is 17.2 Å². The van der Waals surface area contributed by atoms with Crippen molar-refractivity contribution in [2.24, 2.45) is 5.92 Å². The van der Waals surface area contributed by atoms with Crippen molar-refractivity contribution in [3.8, 4) is 6.07 Å². The van der Waals surface area contributed by atoms with Gasteiger partial charge in [0.1, 0.15) is 11.1 Å². The quantitative estimate of drug-likeness (QED) is 0.764. The van der Waals surface area contributed by atoms with Crippen LogP contribution in [0.1, 0.15) is 37.1 Å². The molecule has 0 aliphatic heterocycles. The van der Waals surface area contributed by atoms with Gasteiger partial charge in [-0.1, -0.05) is 42.4 Å². The second-order valence-electron chi connectivity index (χ2n) is 6.64. The maximum Gasteiger partial charge on any atom is 0.237 e. The molecule has 4 nitrogen and oxygen atoms in total. The van der Waals surface area contributed by atoms with E-state index in [1.54, 1.807) is 19.1 Å². The number of hydrogen-bond donors (Lipinski definition) is 1. The average molecular weight is 386 g/mol. The molecule has 2 unspecified atom stereocenters. The number of nitrogens with zero attached hydrogens (tertiary/aromatic N) is 2. The van der Waals surface area contributed by atoms with Gasteiger partial charge in [0.15, 0.2) is 0 Å². The number of nitrogens with one attached hydrogen (secondary N) is 1. The van der Waals surface area contributed by atoms with Gasteiger partial charge in [0.2, 0.25) is 5.91 Å². The molecule has 0 saturated carbocycles. The number of benzene rings is 1. The SMILES string of the molecule is CC1CCc2nc(SC(C)C(=O)Nc3ccccc3Cl)c(C#N)cc2C1. The number of hydrogen-bond acceptors (Lipinski definition) is 4. The first-order valence-electron chi connectivity index (χ1n) is 8.63. The van der Waals surface area contributed by atoms with E-state index in [-0.39, 0.29) is 5.91 Å². The molecule has 6 heteroatoms. The highest BCUT2D eigenvalue weighted by Gasteiger charge is 2.22. The fourth-order valence-electron chi connectivity index (χ4n) is 3.02. The fraction of sp³-hybridized carbons (Fsp3) is 0.350. The highest BCUT2D eigenvalue weighted by molar-refractivity contribution is 8.00. The van der Waals surface area contributed by atoms with Gasteiger partial charge in [-0.05, 0) is 55.9 Å². The second-order valence-corrected chi connectivity index (χ2v) is 8.37. The van der Waals surface area contributed by atoms with Crippen LogP contribution in [0.25, 0.3) is 0 Å². The summed E-state index contributed by atoms with van der Waals surface area (Å²) in [5.74, 6) is 0.454. The van der Waals surface area contributed by atoms with E-state index >= 15 is 0 Å². The van der Waals surface area contributed by atoms with Crippen LogP contribution in [-0.4, -0.2) is 16.1 Å². The van der Waals surface area contributed by atoms with Crippen LogP contribution in [0.3, 0.4) is 0 Å². The lowest BCUT2D eigenvalue weighted by atomic mass is 9.87. The summed E-state index contributed by atoms with van der Waals surface area (Å²) >= 11 is 7.41. The molecule has 1 aliphatic rings. The van der Waals surface area contributed by atoms with Crippen LogP contribution in [0.15, 0.2) is 35.4 Å². The van der Waals surface area contributed by atoms with Crippen molar-refractivity contribution in [3.05, 3.63) is 52.2 Å². The van der Waals surface area contributed by atoms with E-state index in [2.05, 4.69) is 18.3 Å². The molecule has 1 N–H and O–H groups in total. The Bertz CT molecular complexity index is 878. The minimum Gasteiger partial charge on any atom is -0.324 e. The molecule has 0 fully saturated rings. The maximum atomic E-state index is 12.5. The molecule has 1 amide bonds. The van der Waals surface area contributed by atoms with Crippen LogP contribution in [-0.2, 0) is 17.6 Å². The zero-order chi connectivity index (χ0) is 18.7. The molecule has 0 radical (unpaired) electrons. The van der Waals surface area contributed by atoms with Crippen LogP contribution in [0.2, 0.25) is 5.02 Å². The van der Waals surface area contributed by atoms with Crippen molar-refractivity contribution in [1.82, 2.24) is 4.98 Å². The molecule has 1 aromatic heterocycles. The Kier molecular flexibility index (Phi) is 5.85. The predicted molar refractivity (Wildman–Crippen MR) is 106 cm³/mol. The Hall–Kier alpha value is -2.03. The molecule has 3 rings (SSSR count). The molecule has 1 aliphatic carbocycles. The Morgan fingerprint density at radius 1 is 1.46 bits per heavy atom. The fourth-order valence-corrected chi connectivity index (χ4v) is 4.09. The van der Waals surface area contributed by atoms with Gasteiger partial charge in [0.25, 0.3) is 0 Å². The third kappa shape index (κ3) is 4.20. The number of anilines is 1. The van der Waals surface area contributed by atoms with Crippen LogP contribution in [0.4, 0.5) is 5.69 Å². The van der Waals surface area contributed by atoms with Gasteiger partial charge in [0.05, 0.1) is 21.5 Å². The number of halogens is 1. The number of amides is 1. The molecule has 134 valence electrons. The van der Waals surface area contributed by atoms with Gasteiger partial charge in [0, 0.05) is 5.69 Å². The smallest absolute Gasteiger partial charge is 0.237 e. The number of aromatic nitrogens is 1. The van der Waals surface area contributed by atoms with E-state index in [0.717, 1.165) is 30.5 Å². The summed E-state index contributed by atoms with van der Waals surface area (Å²) in [7, 11) is 0. The summed E-state index contributed by atoms with van der Waals surface area (Å²) in [6.07, 6.45) is 3.00. The Labute approximate surface area is 163 Å². The molecule has 1 aromatic carbocycles. The summed E-state index contributed by atoms with van der Waals surface area (Å²) in [5.41, 5.74) is 3.35. The zero-order valence-corrected chi connectivity index (χ0v) is 16.3. The summed E-state index contributed by atoms with van der Waals surface area (Å²) < 4.78 is 0. The van der Waals surface area contributed by atoms with Gasteiger partial charge in [-0.25, -0.2) is 4.98 Å². The molecule has 0 saturated heterocycles. The van der Waals surface area contributed by atoms with Gasteiger partial charge in [-0.3, -0.25) is 4.79 Å². The molecule has 2 aromatic rings. The van der Waals surface area contributed by atoms with Crippen molar-refractivity contribution in [3.63, 3.8) is 0 Å². The van der Waals surface area contributed by atoms with Crippen molar-refractivity contribution >= 4 is 35.0 Å². The maximum absolute atomic E-state index is 12.5. The Balaban J connectivity index is 1.76. The van der Waals surface area contributed by atoms with Crippen molar-refractivity contribution in [2.75, 3.05) is 5.32 Å². The highest BCUT2D eigenvalue weighted by atomic mass is 35.5. The third-order valence-corrected chi connectivity index (χ3v) is 5.94. The second kappa shape index (κ2) is 8.11. The number of nitriles is 1. The largest absolute Gasteiger partial charge is 0.324 e. The van der Waals surface area contributed by atoms with E-state index in [9.17, 15) is 10.1 Å². The lowest BCUT2D eigenvalue weighted by Gasteiger charge is -2.22. The number of carbonyl (C=O) groups excluding carboxylic acids is 1. The number of rotatable bonds is 4. The average Bonchev–Trinajstić information content (AvgIpc) is 2.63. The predicted octanol–water partition coefficient (Wildman–Crippen LogP) is 4.85. The molecule has 0 spiro atoms. The first kappa shape index (κ1) is 18.8. The van der Waals surface area contributed by atoms with Gasteiger partial charge in [-0.15, -0.1) is 0 Å². The summed E-state index contributed by atoms with van der Waals surface area (Å²) in [6.45, 7) is 4.03. The van der Waals surface area contributed by atoms with Gasteiger partial charge in [-0.2, -0.15) is 5.26 Å². The molecule has 2 atom stereocenters. The number of fused-ring (bicyclic) bond motifs is 1. The standard InChI is InChI=1S/C20H20ClN3OS/c1-12-7-8-17-14(9-12)10-15(11-22)20(24-17)26-13(2)19(25)23-18-6-4-3-5-16(18)21/h3-6,10,12-13H,7-9H2,1-2H3,(H,23,25). The van der Waals surface area contributed by atoms with Gasteiger partial charge < -0.3 is 5.32 Å². The van der Waals surface area contributed by atoms with Crippen LogP contribution >= 0.6 is 23.4 Å². The van der Waals surface area contributed by atoms with E-state index < -0.39 is 5.25 Å². The monoisotopic (exact) mass is 385 g/mol. The van der Waals surface area contributed by atoms with Crippen molar-refractivity contribution in [2.45, 2.75) is 43.4 Å². The first-order chi connectivity index (χ1) is 12.5. The van der Waals surface area contributed by atoms with E-state index in [1.807, 2.05) is 18.2 Å². The van der Waals surface area contributed by atoms with Gasteiger partial charge >= 0.3 is 0 Å². The number of thioether (sulfide) groups is 1. The van der Waals surface area contributed by atoms with E-state index in [1.165, 1.54) is 11.8 Å². The zero-order valence-electron chi connectivity index (χ0n) is 14.8. The van der Waals surface area contributed by atoms with E-state index in [4.69, 9.17) is 16.6 Å². The first-order valence-corrected chi connectivity index (χ1v) is 9.88. The summed E-state index contributed by atoms with van der Waals surface area (Å²) in [4.78, 5) is 17.2. The lowest BCUT2D eigenvalue weighted by Crippen LogP contribution is -2.23. The van der Waals surface area contributed by atoms with Crippen LogP contribution < -0.4 is 5.32 Å². The molecule has 26 heavy (non-hydrogen) atoms.